The van der Waals surface area contributed by atoms with E-state index in [1.54, 1.807) is 37.2 Å². The van der Waals surface area contributed by atoms with Crippen LogP contribution in [0.15, 0.2) is 280 Å². The lowest BCUT2D eigenvalue weighted by atomic mass is 9.84. The van der Waals surface area contributed by atoms with Crippen LogP contribution in [-0.4, -0.2) is 59.8 Å². The van der Waals surface area contributed by atoms with Gasteiger partial charge in [-0.1, -0.05) is 153 Å². The van der Waals surface area contributed by atoms with Crippen molar-refractivity contribution in [2.45, 2.75) is 85.5 Å². The lowest BCUT2D eigenvalue weighted by Gasteiger charge is -2.22. The highest BCUT2D eigenvalue weighted by Crippen LogP contribution is 2.37. The van der Waals surface area contributed by atoms with Crippen LogP contribution in [0.25, 0.3) is 124 Å². The fourth-order valence-corrected chi connectivity index (χ4v) is 10.9. The van der Waals surface area contributed by atoms with E-state index in [2.05, 4.69) is 230 Å². The molecule has 12 nitrogen and oxygen atoms in total. The molecule has 97 heavy (non-hydrogen) atoms. The van der Waals surface area contributed by atoms with Crippen LogP contribution in [0, 0.1) is 6.92 Å². The van der Waals surface area contributed by atoms with E-state index in [0.29, 0.717) is 0 Å². The largest absolute Gasteiger partial charge is 0.255 e. The molecule has 12 aromatic heterocycles. The highest BCUT2D eigenvalue weighted by atomic mass is 14.8. The second-order valence-corrected chi connectivity index (χ2v) is 26.8. The summed E-state index contributed by atoms with van der Waals surface area (Å²) in [4.78, 5) is 56.0. The highest BCUT2D eigenvalue weighted by molar-refractivity contribution is 5.80. The van der Waals surface area contributed by atoms with Gasteiger partial charge in [0.25, 0.3) is 0 Å². The second kappa shape index (κ2) is 28.8. The summed E-state index contributed by atoms with van der Waals surface area (Å²) in [6.07, 6.45) is 14.5. The number of nitrogens with zero attached hydrogens (tertiary/aromatic N) is 12. The highest BCUT2D eigenvalue weighted by Gasteiger charge is 2.22. The van der Waals surface area contributed by atoms with Crippen LogP contribution in [-0.2, 0) is 16.2 Å². The van der Waals surface area contributed by atoms with Crippen molar-refractivity contribution in [2.75, 3.05) is 0 Å². The minimum atomic E-state index is -0.00425. The number of pyridine rings is 12. The standard InChI is InChI=1S/C36H24N6.C27H35N3.C22H17N3/c1-5-17-37-29(9-1)33-21-27(22-34(41-33)30-10-2-6-18-38-30)25-13-15-26(16-14-25)28-23-35(31-11-3-7-19-39-31)42-36(24-28)32-12-4-8-20-40-32;1-25(2,3)18-10-12-28-21(14-18)23-16-20(27(7,8)9)17-24(30-23)22-15-19(11-13-29-22)26(4,5)6;1-16-8-10-17(11-9-16)18-14-21(19-6-2-4-12-23-19)25-22(15-18)20-7-3-5-13-24-20/h1-24H;10-17H,1-9H3;2-15H,1H3. The predicted octanol–water partition coefficient (Wildman–Crippen LogP) is 20.3. The Morgan fingerprint density at radius 2 is 0.402 bits per heavy atom. The van der Waals surface area contributed by atoms with E-state index < -0.39 is 0 Å². The van der Waals surface area contributed by atoms with Gasteiger partial charge in [-0.3, -0.25) is 39.9 Å². The van der Waals surface area contributed by atoms with Gasteiger partial charge < -0.3 is 0 Å². The zero-order valence-corrected chi connectivity index (χ0v) is 56.4. The van der Waals surface area contributed by atoms with Crippen molar-refractivity contribution in [2.24, 2.45) is 0 Å². The third-order valence-electron chi connectivity index (χ3n) is 16.4. The number of benzene rings is 2. The van der Waals surface area contributed by atoms with Gasteiger partial charge in [0.2, 0.25) is 0 Å². The van der Waals surface area contributed by atoms with Crippen LogP contribution < -0.4 is 0 Å². The van der Waals surface area contributed by atoms with Gasteiger partial charge in [-0.25, -0.2) is 19.9 Å². The molecule has 0 amide bonds. The van der Waals surface area contributed by atoms with Crippen molar-refractivity contribution in [3.63, 3.8) is 0 Å². The lowest BCUT2D eigenvalue weighted by Crippen LogP contribution is -2.14. The average molecular weight is 1270 g/mol. The molecule has 0 aliphatic rings. The first-order chi connectivity index (χ1) is 46.8. The molecule has 0 saturated heterocycles. The van der Waals surface area contributed by atoms with Crippen molar-refractivity contribution in [1.29, 1.82) is 0 Å². The van der Waals surface area contributed by atoms with E-state index in [4.69, 9.17) is 19.9 Å². The summed E-state index contributed by atoms with van der Waals surface area (Å²) >= 11 is 0. The fraction of sp³-hybridized carbons (Fsp3) is 0.153. The van der Waals surface area contributed by atoms with Gasteiger partial charge >= 0.3 is 0 Å². The van der Waals surface area contributed by atoms with Gasteiger partial charge in [-0.05, 0) is 219 Å². The van der Waals surface area contributed by atoms with Crippen molar-refractivity contribution >= 4 is 0 Å². The molecule has 0 bridgehead atoms. The monoisotopic (exact) mass is 1260 g/mol. The lowest BCUT2D eigenvalue weighted by molar-refractivity contribution is 0.587. The maximum Gasteiger partial charge on any atom is 0.0900 e. The zero-order valence-electron chi connectivity index (χ0n) is 56.4. The Balaban J connectivity index is 0.000000144. The number of aryl methyl sites for hydroxylation is 1. The molecule has 0 aliphatic heterocycles. The maximum absolute atomic E-state index is 5.01. The molecule has 0 unspecified atom stereocenters. The molecule has 0 spiro atoms. The molecular weight excluding hydrogens is 1190 g/mol. The van der Waals surface area contributed by atoms with Crippen LogP contribution >= 0.6 is 0 Å². The van der Waals surface area contributed by atoms with Crippen molar-refractivity contribution in [1.82, 2.24) is 59.8 Å². The molecule has 14 aromatic rings. The summed E-state index contributed by atoms with van der Waals surface area (Å²) in [5.41, 5.74) is 25.0. The first-order valence-corrected chi connectivity index (χ1v) is 32.5. The number of aromatic nitrogens is 12. The second-order valence-electron chi connectivity index (χ2n) is 26.8. The summed E-state index contributed by atoms with van der Waals surface area (Å²) in [5, 5.41) is 0. The van der Waals surface area contributed by atoms with Crippen LogP contribution in [0.4, 0.5) is 0 Å². The normalized spacial score (nSPS) is 11.4. The molecule has 0 saturated carbocycles. The van der Waals surface area contributed by atoms with Crippen molar-refractivity contribution in [3.8, 4) is 124 Å². The number of hydrogen-bond acceptors (Lipinski definition) is 12. The number of rotatable bonds is 11. The first-order valence-electron chi connectivity index (χ1n) is 32.5. The quantitative estimate of drug-likeness (QED) is 0.121. The molecule has 476 valence electrons. The van der Waals surface area contributed by atoms with Crippen LogP contribution in [0.1, 0.15) is 84.6 Å². The van der Waals surface area contributed by atoms with Crippen LogP contribution in [0.3, 0.4) is 0 Å². The average Bonchev–Trinajstić information content (AvgIpc) is 0.812. The Morgan fingerprint density at radius 3 is 0.629 bits per heavy atom. The Hall–Kier alpha value is -11.8. The van der Waals surface area contributed by atoms with Gasteiger partial charge in [-0.2, -0.15) is 0 Å². The molecule has 0 atom stereocenters. The van der Waals surface area contributed by atoms with Gasteiger partial charge in [0, 0.05) is 49.6 Å². The van der Waals surface area contributed by atoms with Gasteiger partial charge in [0.15, 0.2) is 0 Å². The molecule has 2 aromatic carbocycles. The van der Waals surface area contributed by atoms with E-state index in [1.165, 1.54) is 22.3 Å². The molecule has 0 aliphatic carbocycles. The predicted molar refractivity (Wildman–Crippen MR) is 393 cm³/mol. The Morgan fingerprint density at radius 1 is 0.186 bits per heavy atom. The topological polar surface area (TPSA) is 155 Å². The Labute approximate surface area is 569 Å². The molecule has 12 heterocycles. The van der Waals surface area contributed by atoms with E-state index in [0.717, 1.165) is 124 Å². The summed E-state index contributed by atoms with van der Waals surface area (Å²) < 4.78 is 0. The Kier molecular flexibility index (Phi) is 19.4. The van der Waals surface area contributed by atoms with Gasteiger partial charge in [-0.15, -0.1) is 0 Å². The van der Waals surface area contributed by atoms with Gasteiger partial charge in [0.05, 0.1) is 91.1 Å². The summed E-state index contributed by atoms with van der Waals surface area (Å²) in [7, 11) is 0. The summed E-state index contributed by atoms with van der Waals surface area (Å²) in [5.74, 6) is 0. The van der Waals surface area contributed by atoms with Crippen molar-refractivity contribution in [3.05, 3.63) is 302 Å². The zero-order chi connectivity index (χ0) is 67.5. The maximum atomic E-state index is 5.01. The fourth-order valence-electron chi connectivity index (χ4n) is 10.9. The molecular formula is C85H76N12. The third kappa shape index (κ3) is 16.4. The van der Waals surface area contributed by atoms with Crippen LogP contribution in [0.2, 0.25) is 0 Å². The van der Waals surface area contributed by atoms with E-state index in [9.17, 15) is 0 Å². The van der Waals surface area contributed by atoms with E-state index in [-0.39, 0.29) is 16.2 Å². The molecule has 0 radical (unpaired) electrons. The summed E-state index contributed by atoms with van der Waals surface area (Å²) in [6.45, 7) is 22.1. The van der Waals surface area contributed by atoms with E-state index >= 15 is 0 Å². The number of hydrogen-bond donors (Lipinski definition) is 0. The van der Waals surface area contributed by atoms with E-state index in [1.807, 2.05) is 122 Å². The molecule has 12 heteroatoms. The minimum Gasteiger partial charge on any atom is -0.255 e. The summed E-state index contributed by atoms with van der Waals surface area (Å²) in [6, 6.07) is 77.5. The smallest absolute Gasteiger partial charge is 0.0900 e. The molecule has 0 N–H and O–H groups in total. The van der Waals surface area contributed by atoms with Crippen molar-refractivity contribution < 1.29 is 0 Å². The third-order valence-corrected chi connectivity index (χ3v) is 16.4. The molecule has 14 rings (SSSR count). The van der Waals surface area contributed by atoms with Gasteiger partial charge in [0.1, 0.15) is 0 Å². The van der Waals surface area contributed by atoms with Crippen LogP contribution in [0.5, 0.6) is 0 Å². The Bertz CT molecular complexity index is 4540. The first kappa shape index (κ1) is 65.3. The SMILES string of the molecule is CC(C)(C)c1ccnc(-c2cc(C(C)(C)C)cc(-c3cc(C(C)(C)C)ccn3)n2)c1.Cc1ccc(-c2cc(-c3ccccn3)nc(-c3ccccn3)c2)cc1.c1ccc(-c2cc(-c3ccc(-c4cc(-c5ccccn5)nc(-c5ccccn5)c4)cc3)cc(-c3ccccn3)n2)nc1. The molecule has 0 fully saturated rings. The minimum absolute atomic E-state index is 0.00425.